The second kappa shape index (κ2) is 10.9. The van der Waals surface area contributed by atoms with E-state index < -0.39 is 30.2 Å². The van der Waals surface area contributed by atoms with Gasteiger partial charge in [0.15, 0.2) is 6.17 Å². The molecule has 34 heavy (non-hydrogen) atoms. The molecule has 11 heteroatoms. The van der Waals surface area contributed by atoms with Gasteiger partial charge in [0.1, 0.15) is 0 Å². The fourth-order valence-electron chi connectivity index (χ4n) is 5.04. The number of hydrogen-bond acceptors (Lipinski definition) is 6. The van der Waals surface area contributed by atoms with Crippen molar-refractivity contribution in [2.75, 3.05) is 46.1 Å². The van der Waals surface area contributed by atoms with Crippen LogP contribution in [0.1, 0.15) is 36.9 Å². The minimum absolute atomic E-state index is 0.0891. The molecular formula is C23H33F4N5O2. The number of rotatable bonds is 5. The van der Waals surface area contributed by atoms with E-state index in [2.05, 4.69) is 16.0 Å². The Morgan fingerprint density at radius 3 is 2.50 bits per heavy atom. The van der Waals surface area contributed by atoms with Crippen molar-refractivity contribution in [2.45, 2.75) is 50.5 Å². The van der Waals surface area contributed by atoms with Crippen LogP contribution in [0.15, 0.2) is 24.3 Å². The number of carbonyl (C=O) groups excluding carboxylic acids is 1. The van der Waals surface area contributed by atoms with Crippen LogP contribution in [0.25, 0.3) is 0 Å². The highest BCUT2D eigenvalue weighted by Gasteiger charge is 2.41. The molecule has 0 bridgehead atoms. The lowest BCUT2D eigenvalue weighted by atomic mass is 9.96. The minimum atomic E-state index is -4.40. The number of piperidine rings is 1. The summed E-state index contributed by atoms with van der Waals surface area (Å²) in [6.07, 6.45) is -5.05. The van der Waals surface area contributed by atoms with Crippen molar-refractivity contribution < 1.29 is 27.1 Å². The van der Waals surface area contributed by atoms with Crippen molar-refractivity contribution in [3.8, 4) is 0 Å². The molecule has 1 amide bonds. The van der Waals surface area contributed by atoms with Gasteiger partial charge in [0.2, 0.25) is 5.91 Å². The van der Waals surface area contributed by atoms with Gasteiger partial charge in [-0.25, -0.2) is 4.39 Å². The maximum absolute atomic E-state index is 15.7. The zero-order chi connectivity index (χ0) is 24.3. The van der Waals surface area contributed by atoms with Crippen LogP contribution in [-0.2, 0) is 15.7 Å². The Bertz CT molecular complexity index is 817. The summed E-state index contributed by atoms with van der Waals surface area (Å²) in [5.74, 6) is 0.465. The first kappa shape index (κ1) is 25.3. The number of likely N-dealkylation sites (tertiary alicyclic amines) is 1. The fourth-order valence-corrected chi connectivity index (χ4v) is 5.04. The van der Waals surface area contributed by atoms with E-state index >= 15 is 4.39 Å². The molecule has 4 atom stereocenters. The van der Waals surface area contributed by atoms with Gasteiger partial charge in [-0.15, -0.1) is 0 Å². The number of benzene rings is 1. The van der Waals surface area contributed by atoms with Crippen molar-refractivity contribution in [1.82, 2.24) is 25.8 Å². The van der Waals surface area contributed by atoms with Gasteiger partial charge in [-0.1, -0.05) is 12.1 Å². The van der Waals surface area contributed by atoms with E-state index in [4.69, 9.17) is 4.74 Å². The van der Waals surface area contributed by atoms with Crippen LogP contribution in [0.3, 0.4) is 0 Å². The van der Waals surface area contributed by atoms with Crippen LogP contribution in [0.2, 0.25) is 0 Å². The highest BCUT2D eigenvalue weighted by Crippen LogP contribution is 2.33. The number of nitrogens with one attached hydrogen (secondary N) is 3. The SMILES string of the molecule is CC(=O)N1CCC(CNC2NCNC(N3CCOC[C@@H]3c3ccc(C(F)(F)F)cc3)C2F)CC1. The number of alkyl halides is 4. The molecule has 0 aliphatic carbocycles. The summed E-state index contributed by atoms with van der Waals surface area (Å²) in [5, 5.41) is 9.64. The maximum Gasteiger partial charge on any atom is 0.416 e. The molecule has 7 nitrogen and oxygen atoms in total. The zero-order valence-electron chi connectivity index (χ0n) is 19.3. The maximum atomic E-state index is 15.7. The number of halogens is 4. The van der Waals surface area contributed by atoms with Crippen molar-refractivity contribution in [3.05, 3.63) is 35.4 Å². The topological polar surface area (TPSA) is 68.9 Å². The highest BCUT2D eigenvalue weighted by atomic mass is 19.4. The second-order valence-corrected chi connectivity index (χ2v) is 9.26. The first-order chi connectivity index (χ1) is 16.2. The Morgan fingerprint density at radius 1 is 1.15 bits per heavy atom. The first-order valence-electron chi connectivity index (χ1n) is 11.8. The van der Waals surface area contributed by atoms with E-state index in [0.29, 0.717) is 37.8 Å². The average molecular weight is 488 g/mol. The summed E-state index contributed by atoms with van der Waals surface area (Å²) in [6.45, 7) is 5.29. The van der Waals surface area contributed by atoms with Crippen LogP contribution in [0, 0.1) is 5.92 Å². The van der Waals surface area contributed by atoms with Gasteiger partial charge in [-0.05, 0) is 43.0 Å². The van der Waals surface area contributed by atoms with Gasteiger partial charge in [-0.3, -0.25) is 25.6 Å². The van der Waals surface area contributed by atoms with Crippen LogP contribution >= 0.6 is 0 Å². The van der Waals surface area contributed by atoms with E-state index in [1.54, 1.807) is 6.92 Å². The van der Waals surface area contributed by atoms with Gasteiger partial charge in [-0.2, -0.15) is 13.2 Å². The summed E-state index contributed by atoms with van der Waals surface area (Å²) in [6, 6.07) is 4.68. The number of amides is 1. The van der Waals surface area contributed by atoms with E-state index in [1.165, 1.54) is 12.1 Å². The molecule has 0 spiro atoms. The molecule has 3 aliphatic heterocycles. The molecule has 1 aromatic rings. The molecule has 3 saturated heterocycles. The lowest BCUT2D eigenvalue weighted by molar-refractivity contribution is -0.137. The lowest BCUT2D eigenvalue weighted by Gasteiger charge is -2.46. The third-order valence-electron chi connectivity index (χ3n) is 7.09. The van der Waals surface area contributed by atoms with Gasteiger partial charge >= 0.3 is 6.18 Å². The van der Waals surface area contributed by atoms with Gasteiger partial charge in [0.05, 0.1) is 37.2 Å². The normalized spacial score (nSPS) is 29.9. The summed E-state index contributed by atoms with van der Waals surface area (Å²) in [4.78, 5) is 15.3. The Hall–Kier alpha value is -1.79. The number of nitrogens with zero attached hydrogens (tertiary/aromatic N) is 2. The molecule has 4 rings (SSSR count). The smallest absolute Gasteiger partial charge is 0.378 e. The molecule has 190 valence electrons. The van der Waals surface area contributed by atoms with E-state index in [-0.39, 0.29) is 18.6 Å². The quantitative estimate of drug-likeness (QED) is 0.553. The monoisotopic (exact) mass is 487 g/mol. The summed E-state index contributed by atoms with van der Waals surface area (Å²) >= 11 is 0. The number of carbonyl (C=O) groups is 1. The second-order valence-electron chi connectivity index (χ2n) is 9.26. The highest BCUT2D eigenvalue weighted by molar-refractivity contribution is 5.73. The Labute approximate surface area is 197 Å². The first-order valence-corrected chi connectivity index (χ1v) is 11.8. The largest absolute Gasteiger partial charge is 0.416 e. The van der Waals surface area contributed by atoms with Crippen molar-refractivity contribution in [3.63, 3.8) is 0 Å². The third-order valence-corrected chi connectivity index (χ3v) is 7.09. The molecular weight excluding hydrogens is 454 g/mol. The number of morpholine rings is 1. The van der Waals surface area contributed by atoms with Crippen molar-refractivity contribution in [1.29, 1.82) is 0 Å². The van der Waals surface area contributed by atoms with Crippen molar-refractivity contribution >= 4 is 5.91 Å². The molecule has 1 aromatic carbocycles. The summed E-state index contributed by atoms with van der Waals surface area (Å²) in [7, 11) is 0. The molecule has 3 N–H and O–H groups in total. The molecule has 3 heterocycles. The fraction of sp³-hybridized carbons (Fsp3) is 0.696. The van der Waals surface area contributed by atoms with Crippen LogP contribution in [0.5, 0.6) is 0 Å². The standard InChI is InChI=1S/C23H33F4N5O2/c1-15(33)31-8-6-16(7-9-31)12-28-21-20(24)22(30-14-29-21)32-10-11-34-13-19(32)17-2-4-18(5-3-17)23(25,26)27/h2-5,16,19-22,28-30H,6-14H2,1H3/t19-,20?,21?,22?/m1/s1. The molecule has 0 saturated carbocycles. The Kier molecular flexibility index (Phi) is 8.08. The van der Waals surface area contributed by atoms with Gasteiger partial charge in [0, 0.05) is 33.2 Å². The van der Waals surface area contributed by atoms with Gasteiger partial charge in [0.25, 0.3) is 0 Å². The average Bonchev–Trinajstić information content (AvgIpc) is 2.83. The van der Waals surface area contributed by atoms with E-state index in [9.17, 15) is 18.0 Å². The number of hydrogen-bond donors (Lipinski definition) is 3. The predicted molar refractivity (Wildman–Crippen MR) is 118 cm³/mol. The zero-order valence-corrected chi connectivity index (χ0v) is 19.3. The van der Waals surface area contributed by atoms with Gasteiger partial charge < -0.3 is 9.64 Å². The van der Waals surface area contributed by atoms with Crippen LogP contribution < -0.4 is 16.0 Å². The van der Waals surface area contributed by atoms with Crippen LogP contribution in [0.4, 0.5) is 17.6 Å². The van der Waals surface area contributed by atoms with E-state index in [1.807, 2.05) is 9.80 Å². The molecule has 3 unspecified atom stereocenters. The Balaban J connectivity index is 1.37. The third kappa shape index (κ3) is 5.88. The Morgan fingerprint density at radius 2 is 1.85 bits per heavy atom. The minimum Gasteiger partial charge on any atom is -0.378 e. The molecule has 0 radical (unpaired) electrons. The summed E-state index contributed by atoms with van der Waals surface area (Å²) in [5.41, 5.74) is -0.0386. The van der Waals surface area contributed by atoms with Crippen molar-refractivity contribution in [2.24, 2.45) is 5.92 Å². The molecule has 0 aromatic heterocycles. The molecule has 3 aliphatic rings. The number of ether oxygens (including phenoxy) is 1. The van der Waals surface area contributed by atoms with Crippen LogP contribution in [-0.4, -0.2) is 80.3 Å². The molecule has 3 fully saturated rings. The lowest BCUT2D eigenvalue weighted by Crippen LogP contribution is -2.70. The van der Waals surface area contributed by atoms with E-state index in [0.717, 1.165) is 38.1 Å². The predicted octanol–water partition coefficient (Wildman–Crippen LogP) is 2.07. The summed E-state index contributed by atoms with van der Waals surface area (Å²) < 4.78 is 60.1.